The molecular weight excluding hydrogens is 431 g/mol. The summed E-state index contributed by atoms with van der Waals surface area (Å²) < 4.78 is 68.0. The van der Waals surface area contributed by atoms with Crippen LogP contribution in [0.5, 0.6) is 5.75 Å². The molecule has 2 aliphatic rings. The number of halogens is 5. The van der Waals surface area contributed by atoms with Crippen LogP contribution in [0.1, 0.15) is 35.4 Å². The minimum absolute atomic E-state index is 0.0131. The first-order valence-corrected chi connectivity index (χ1v) is 10.4. The molecule has 172 valence electrons. The first kappa shape index (κ1) is 22.5. The number of piperidine rings is 1. The number of phenolic OH excluding ortho intramolecular Hbond substituents is 1. The van der Waals surface area contributed by atoms with Gasteiger partial charge in [-0.15, -0.1) is 0 Å². The Kier molecular flexibility index (Phi) is 5.87. The molecule has 0 aromatic heterocycles. The summed E-state index contributed by atoms with van der Waals surface area (Å²) in [5.41, 5.74) is 0.253. The Morgan fingerprint density at radius 1 is 0.969 bits per heavy atom. The average Bonchev–Trinajstić information content (AvgIpc) is 3.08. The number of aromatic hydroxyl groups is 1. The highest BCUT2D eigenvalue weighted by molar-refractivity contribution is 5.84. The maximum Gasteiger partial charge on any atom is 0.416 e. The summed E-state index contributed by atoms with van der Waals surface area (Å²) in [6.07, 6.45) is -3.84. The van der Waals surface area contributed by atoms with Crippen molar-refractivity contribution < 1.29 is 31.9 Å². The van der Waals surface area contributed by atoms with Crippen molar-refractivity contribution in [2.75, 3.05) is 19.6 Å². The van der Waals surface area contributed by atoms with E-state index in [-0.39, 0.29) is 24.6 Å². The van der Waals surface area contributed by atoms with E-state index in [2.05, 4.69) is 0 Å². The summed E-state index contributed by atoms with van der Waals surface area (Å²) in [6.45, 7) is 0.316. The molecule has 2 aromatic rings. The Hall–Kier alpha value is -2.68. The quantitative estimate of drug-likeness (QED) is 0.685. The number of phenols is 1. The minimum Gasteiger partial charge on any atom is -0.508 e. The lowest BCUT2D eigenvalue weighted by molar-refractivity contribution is -0.139. The number of carbonyl (C=O) groups is 1. The molecule has 4 nitrogen and oxygen atoms in total. The number of hydrogen-bond donors (Lipinski definition) is 1. The molecule has 2 fully saturated rings. The van der Waals surface area contributed by atoms with Crippen LogP contribution in [0.4, 0.5) is 22.0 Å². The standard InChI is InChI=1S/C23H23F5N2O2/c24-22(25)14-30(11-9-19(22)16-3-7-18(31)8-4-16)20-10-12-29(21(20)32)13-15-1-5-17(6-2-15)23(26,27)28/h1-8,19-20,31H,9-14H2/t19?,20-/m1/s1. The van der Waals surface area contributed by atoms with Gasteiger partial charge in [-0.2, -0.15) is 13.2 Å². The summed E-state index contributed by atoms with van der Waals surface area (Å²) in [4.78, 5) is 15.9. The van der Waals surface area contributed by atoms with E-state index >= 15 is 0 Å². The van der Waals surface area contributed by atoms with Gasteiger partial charge in [0, 0.05) is 13.1 Å². The van der Waals surface area contributed by atoms with Crippen LogP contribution in [0, 0.1) is 0 Å². The third kappa shape index (κ3) is 4.57. The number of benzene rings is 2. The molecule has 0 bridgehead atoms. The fourth-order valence-electron chi connectivity index (χ4n) is 4.59. The highest BCUT2D eigenvalue weighted by Gasteiger charge is 2.49. The van der Waals surface area contributed by atoms with Gasteiger partial charge in [-0.3, -0.25) is 9.69 Å². The molecule has 1 unspecified atom stereocenters. The summed E-state index contributed by atoms with van der Waals surface area (Å²) >= 11 is 0. The molecule has 0 saturated carbocycles. The monoisotopic (exact) mass is 454 g/mol. The highest BCUT2D eigenvalue weighted by atomic mass is 19.4. The fourth-order valence-corrected chi connectivity index (χ4v) is 4.59. The van der Waals surface area contributed by atoms with Crippen molar-refractivity contribution in [3.8, 4) is 5.75 Å². The number of nitrogens with zero attached hydrogens (tertiary/aromatic N) is 2. The molecule has 2 saturated heterocycles. The summed E-state index contributed by atoms with van der Waals surface area (Å²) in [5, 5.41) is 9.39. The van der Waals surface area contributed by atoms with Gasteiger partial charge in [-0.25, -0.2) is 8.78 Å². The predicted molar refractivity (Wildman–Crippen MR) is 107 cm³/mol. The van der Waals surface area contributed by atoms with Gasteiger partial charge in [0.15, 0.2) is 0 Å². The van der Waals surface area contributed by atoms with Crippen molar-refractivity contribution in [2.24, 2.45) is 0 Å². The number of hydrogen-bond acceptors (Lipinski definition) is 3. The largest absolute Gasteiger partial charge is 0.508 e. The molecule has 0 spiro atoms. The fraction of sp³-hybridized carbons (Fsp3) is 0.435. The maximum atomic E-state index is 14.9. The first-order valence-electron chi connectivity index (χ1n) is 10.4. The van der Waals surface area contributed by atoms with Gasteiger partial charge in [0.05, 0.1) is 24.1 Å². The third-order valence-corrected chi connectivity index (χ3v) is 6.29. The van der Waals surface area contributed by atoms with E-state index < -0.39 is 36.2 Å². The van der Waals surface area contributed by atoms with E-state index in [9.17, 15) is 31.9 Å². The van der Waals surface area contributed by atoms with Crippen molar-refractivity contribution in [1.82, 2.24) is 9.80 Å². The lowest BCUT2D eigenvalue weighted by Crippen LogP contribution is -2.53. The van der Waals surface area contributed by atoms with Crippen LogP contribution in [-0.2, 0) is 17.5 Å². The van der Waals surface area contributed by atoms with E-state index in [1.54, 1.807) is 0 Å². The zero-order valence-electron chi connectivity index (χ0n) is 17.2. The van der Waals surface area contributed by atoms with Gasteiger partial charge in [-0.05, 0) is 54.8 Å². The molecule has 32 heavy (non-hydrogen) atoms. The SMILES string of the molecule is O=C1[C@H](N2CCC(c3ccc(O)cc3)C(F)(F)C2)CCN1Cc1ccc(C(F)(F)F)cc1. The van der Waals surface area contributed by atoms with E-state index in [1.165, 1.54) is 46.2 Å². The van der Waals surface area contributed by atoms with Crippen molar-refractivity contribution in [2.45, 2.75) is 43.4 Å². The smallest absolute Gasteiger partial charge is 0.416 e. The summed E-state index contributed by atoms with van der Waals surface area (Å²) in [6, 6.07) is 9.73. The second kappa shape index (κ2) is 8.35. The van der Waals surface area contributed by atoms with Crippen LogP contribution in [0.2, 0.25) is 0 Å². The minimum atomic E-state index is -4.43. The van der Waals surface area contributed by atoms with Gasteiger partial charge in [0.2, 0.25) is 5.91 Å². The molecule has 4 rings (SSSR count). The Bertz CT molecular complexity index is 960. The van der Waals surface area contributed by atoms with E-state index in [0.717, 1.165) is 12.1 Å². The van der Waals surface area contributed by atoms with E-state index in [1.807, 2.05) is 0 Å². The van der Waals surface area contributed by atoms with Crippen LogP contribution in [0.3, 0.4) is 0 Å². The highest BCUT2D eigenvalue weighted by Crippen LogP contribution is 2.42. The molecule has 2 atom stereocenters. The van der Waals surface area contributed by atoms with E-state index in [4.69, 9.17) is 0 Å². The third-order valence-electron chi connectivity index (χ3n) is 6.29. The van der Waals surface area contributed by atoms with Gasteiger partial charge in [0.25, 0.3) is 5.92 Å². The van der Waals surface area contributed by atoms with Gasteiger partial charge in [0.1, 0.15) is 5.75 Å². The van der Waals surface area contributed by atoms with Crippen molar-refractivity contribution in [1.29, 1.82) is 0 Å². The predicted octanol–water partition coefficient (Wildman–Crippen LogP) is 4.64. The molecule has 2 aliphatic heterocycles. The lowest BCUT2D eigenvalue weighted by atomic mass is 9.85. The van der Waals surface area contributed by atoms with Crippen LogP contribution >= 0.6 is 0 Å². The number of carbonyl (C=O) groups excluding carboxylic acids is 1. The van der Waals surface area contributed by atoms with Crippen LogP contribution in [-0.4, -0.2) is 52.4 Å². The lowest BCUT2D eigenvalue weighted by Gasteiger charge is -2.40. The molecular formula is C23H23F5N2O2. The molecule has 2 heterocycles. The average molecular weight is 454 g/mol. The van der Waals surface area contributed by atoms with E-state index in [0.29, 0.717) is 30.6 Å². The summed E-state index contributed by atoms with van der Waals surface area (Å²) in [5.74, 6) is -4.28. The normalized spacial score (nSPS) is 24.2. The van der Waals surface area contributed by atoms with Crippen molar-refractivity contribution in [3.05, 3.63) is 65.2 Å². The number of rotatable bonds is 4. The number of likely N-dealkylation sites (tertiary alicyclic amines) is 2. The maximum absolute atomic E-state index is 14.9. The molecule has 1 amide bonds. The van der Waals surface area contributed by atoms with Crippen LogP contribution < -0.4 is 0 Å². The Balaban J connectivity index is 1.39. The second-order valence-electron chi connectivity index (χ2n) is 8.42. The Labute approximate surface area is 182 Å². The van der Waals surface area contributed by atoms with Crippen LogP contribution in [0.15, 0.2) is 48.5 Å². The second-order valence-corrected chi connectivity index (χ2v) is 8.42. The topological polar surface area (TPSA) is 43.8 Å². The summed E-state index contributed by atoms with van der Waals surface area (Å²) in [7, 11) is 0. The molecule has 0 radical (unpaired) electrons. The van der Waals surface area contributed by atoms with Gasteiger partial charge >= 0.3 is 6.18 Å². The van der Waals surface area contributed by atoms with Crippen LogP contribution in [0.25, 0.3) is 0 Å². The zero-order chi connectivity index (χ0) is 23.1. The van der Waals surface area contributed by atoms with Gasteiger partial charge in [-0.1, -0.05) is 24.3 Å². The first-order chi connectivity index (χ1) is 15.0. The Morgan fingerprint density at radius 3 is 2.22 bits per heavy atom. The van der Waals surface area contributed by atoms with Crippen molar-refractivity contribution in [3.63, 3.8) is 0 Å². The zero-order valence-corrected chi connectivity index (χ0v) is 17.2. The molecule has 1 N–H and O–H groups in total. The Morgan fingerprint density at radius 2 is 1.62 bits per heavy atom. The molecule has 9 heteroatoms. The molecule has 2 aromatic carbocycles. The molecule has 0 aliphatic carbocycles. The number of amides is 1. The number of alkyl halides is 5. The van der Waals surface area contributed by atoms with Gasteiger partial charge < -0.3 is 10.0 Å². The van der Waals surface area contributed by atoms with Crippen molar-refractivity contribution >= 4 is 5.91 Å².